The first kappa shape index (κ1) is 14.5. The SMILES string of the molecule is CC1CC[NH+](CC(=O)NNC(=O)c2ccccc2)CC1. The lowest BCUT2D eigenvalue weighted by Gasteiger charge is -2.26. The van der Waals surface area contributed by atoms with Gasteiger partial charge in [0.1, 0.15) is 0 Å². The molecule has 0 atom stereocenters. The Balaban J connectivity index is 1.71. The van der Waals surface area contributed by atoms with Crippen LogP contribution in [0.1, 0.15) is 30.1 Å². The van der Waals surface area contributed by atoms with Gasteiger partial charge in [-0.15, -0.1) is 0 Å². The Morgan fingerprint density at radius 2 is 1.80 bits per heavy atom. The molecule has 3 N–H and O–H groups in total. The van der Waals surface area contributed by atoms with Gasteiger partial charge in [0.25, 0.3) is 11.8 Å². The van der Waals surface area contributed by atoms with Crippen molar-refractivity contribution < 1.29 is 14.5 Å². The first-order chi connectivity index (χ1) is 9.65. The highest BCUT2D eigenvalue weighted by Crippen LogP contribution is 2.06. The molecular formula is C15H22N3O2+. The number of carbonyl (C=O) groups is 2. The molecule has 1 saturated heterocycles. The molecule has 0 spiro atoms. The van der Waals surface area contributed by atoms with E-state index < -0.39 is 0 Å². The lowest BCUT2D eigenvalue weighted by Crippen LogP contribution is -3.14. The molecule has 5 heteroatoms. The molecule has 2 rings (SSSR count). The molecule has 108 valence electrons. The molecule has 1 aliphatic heterocycles. The minimum absolute atomic E-state index is 0.140. The molecule has 1 aromatic carbocycles. The molecular weight excluding hydrogens is 254 g/mol. The van der Waals surface area contributed by atoms with Crippen LogP contribution in [0.3, 0.4) is 0 Å². The van der Waals surface area contributed by atoms with E-state index in [4.69, 9.17) is 0 Å². The van der Waals surface area contributed by atoms with Crippen molar-refractivity contribution in [2.45, 2.75) is 19.8 Å². The van der Waals surface area contributed by atoms with Crippen LogP contribution >= 0.6 is 0 Å². The fourth-order valence-corrected chi connectivity index (χ4v) is 2.41. The van der Waals surface area contributed by atoms with Crippen LogP contribution in [0.2, 0.25) is 0 Å². The Kier molecular flexibility index (Phi) is 5.12. The second-order valence-electron chi connectivity index (χ2n) is 5.48. The second kappa shape index (κ2) is 7.05. The smallest absolute Gasteiger partial charge is 0.293 e. The van der Waals surface area contributed by atoms with Crippen molar-refractivity contribution in [1.29, 1.82) is 0 Å². The van der Waals surface area contributed by atoms with E-state index in [1.54, 1.807) is 24.3 Å². The lowest BCUT2D eigenvalue weighted by atomic mass is 9.99. The summed E-state index contributed by atoms with van der Waals surface area (Å²) in [4.78, 5) is 24.8. The molecule has 0 unspecified atom stereocenters. The second-order valence-corrected chi connectivity index (χ2v) is 5.48. The quantitative estimate of drug-likeness (QED) is 0.667. The Bertz CT molecular complexity index is 453. The first-order valence-electron chi connectivity index (χ1n) is 7.13. The van der Waals surface area contributed by atoms with Crippen molar-refractivity contribution in [3.8, 4) is 0 Å². The highest BCUT2D eigenvalue weighted by atomic mass is 16.2. The van der Waals surface area contributed by atoms with E-state index in [1.807, 2.05) is 6.07 Å². The third kappa shape index (κ3) is 4.35. The average molecular weight is 276 g/mol. The molecule has 5 nitrogen and oxygen atoms in total. The van der Waals surface area contributed by atoms with E-state index in [0.29, 0.717) is 12.1 Å². The summed E-state index contributed by atoms with van der Waals surface area (Å²) in [5.41, 5.74) is 5.46. The van der Waals surface area contributed by atoms with Crippen LogP contribution < -0.4 is 15.8 Å². The average Bonchev–Trinajstić information content (AvgIpc) is 2.48. The highest BCUT2D eigenvalue weighted by Gasteiger charge is 2.21. The first-order valence-corrected chi connectivity index (χ1v) is 7.13. The number of rotatable bonds is 3. The lowest BCUT2D eigenvalue weighted by molar-refractivity contribution is -0.898. The topological polar surface area (TPSA) is 62.6 Å². The molecule has 0 aromatic heterocycles. The minimum Gasteiger partial charge on any atom is -0.327 e. The molecule has 1 aromatic rings. The summed E-state index contributed by atoms with van der Waals surface area (Å²) in [5.74, 6) is 0.333. The van der Waals surface area contributed by atoms with Gasteiger partial charge in [-0.3, -0.25) is 20.4 Å². The third-order valence-electron chi connectivity index (χ3n) is 3.74. The molecule has 1 fully saturated rings. The van der Waals surface area contributed by atoms with Gasteiger partial charge in [-0.1, -0.05) is 25.1 Å². The van der Waals surface area contributed by atoms with Gasteiger partial charge in [-0.25, -0.2) is 0 Å². The molecule has 0 aliphatic carbocycles. The van der Waals surface area contributed by atoms with Crippen LogP contribution in [0.15, 0.2) is 30.3 Å². The molecule has 0 saturated carbocycles. The van der Waals surface area contributed by atoms with Crippen LogP contribution in [-0.2, 0) is 4.79 Å². The van der Waals surface area contributed by atoms with Crippen molar-refractivity contribution in [2.24, 2.45) is 5.92 Å². The number of hydrazine groups is 1. The predicted molar refractivity (Wildman–Crippen MR) is 76.0 cm³/mol. The summed E-state index contributed by atoms with van der Waals surface area (Å²) < 4.78 is 0. The highest BCUT2D eigenvalue weighted by molar-refractivity contribution is 5.95. The summed E-state index contributed by atoms with van der Waals surface area (Å²) in [6.07, 6.45) is 2.33. The van der Waals surface area contributed by atoms with E-state index in [-0.39, 0.29) is 11.8 Å². The maximum atomic E-state index is 11.8. The molecule has 1 heterocycles. The monoisotopic (exact) mass is 276 g/mol. The largest absolute Gasteiger partial charge is 0.327 e. The summed E-state index contributed by atoms with van der Waals surface area (Å²) in [5, 5.41) is 0. The van der Waals surface area contributed by atoms with Crippen LogP contribution in [-0.4, -0.2) is 31.4 Å². The minimum atomic E-state index is -0.291. The third-order valence-corrected chi connectivity index (χ3v) is 3.74. The molecule has 0 bridgehead atoms. The van der Waals surface area contributed by atoms with E-state index in [9.17, 15) is 9.59 Å². The van der Waals surface area contributed by atoms with Crippen molar-refractivity contribution in [3.05, 3.63) is 35.9 Å². The Labute approximate surface area is 119 Å². The predicted octanol–water partition coefficient (Wildman–Crippen LogP) is -0.238. The Morgan fingerprint density at radius 1 is 1.15 bits per heavy atom. The fraction of sp³-hybridized carbons (Fsp3) is 0.467. The number of benzene rings is 1. The number of hydrogen-bond acceptors (Lipinski definition) is 2. The van der Waals surface area contributed by atoms with E-state index in [1.165, 1.54) is 17.7 Å². The van der Waals surface area contributed by atoms with Gasteiger partial charge in [-0.05, 0) is 30.9 Å². The van der Waals surface area contributed by atoms with Crippen LogP contribution in [0.4, 0.5) is 0 Å². The van der Waals surface area contributed by atoms with Gasteiger partial charge in [-0.2, -0.15) is 0 Å². The number of nitrogens with one attached hydrogen (secondary N) is 3. The number of piperidine rings is 1. The maximum absolute atomic E-state index is 11.8. The molecule has 1 aliphatic rings. The molecule has 2 amide bonds. The Morgan fingerprint density at radius 3 is 2.45 bits per heavy atom. The van der Waals surface area contributed by atoms with Crippen molar-refractivity contribution in [2.75, 3.05) is 19.6 Å². The molecule has 20 heavy (non-hydrogen) atoms. The zero-order valence-corrected chi connectivity index (χ0v) is 11.8. The van der Waals surface area contributed by atoms with Crippen LogP contribution in [0.25, 0.3) is 0 Å². The van der Waals surface area contributed by atoms with Crippen LogP contribution in [0.5, 0.6) is 0 Å². The Hall–Kier alpha value is -1.88. The fourth-order valence-electron chi connectivity index (χ4n) is 2.41. The van der Waals surface area contributed by atoms with Crippen molar-refractivity contribution in [1.82, 2.24) is 10.9 Å². The van der Waals surface area contributed by atoms with E-state index in [2.05, 4.69) is 17.8 Å². The van der Waals surface area contributed by atoms with Crippen molar-refractivity contribution >= 4 is 11.8 Å². The van der Waals surface area contributed by atoms with Crippen LogP contribution in [0, 0.1) is 5.92 Å². The summed E-state index contributed by atoms with van der Waals surface area (Å²) in [6, 6.07) is 8.83. The van der Waals surface area contributed by atoms with Crippen molar-refractivity contribution in [3.63, 3.8) is 0 Å². The summed E-state index contributed by atoms with van der Waals surface area (Å²) >= 11 is 0. The van der Waals surface area contributed by atoms with E-state index in [0.717, 1.165) is 19.0 Å². The standard InChI is InChI=1S/C15H21N3O2/c1-12-7-9-18(10-8-12)11-14(19)16-17-15(20)13-5-3-2-4-6-13/h2-6,12H,7-11H2,1H3,(H,16,19)(H,17,20)/p+1. The van der Waals surface area contributed by atoms with Gasteiger partial charge in [0.05, 0.1) is 13.1 Å². The normalized spacial score (nSPS) is 22.1. The van der Waals surface area contributed by atoms with Gasteiger partial charge < -0.3 is 4.90 Å². The molecule has 0 radical (unpaired) electrons. The number of amides is 2. The zero-order chi connectivity index (χ0) is 14.4. The number of quaternary nitrogens is 1. The summed E-state index contributed by atoms with van der Waals surface area (Å²) in [7, 11) is 0. The number of carbonyl (C=O) groups excluding carboxylic acids is 2. The zero-order valence-electron chi connectivity index (χ0n) is 11.8. The summed E-state index contributed by atoms with van der Waals surface area (Å²) in [6.45, 7) is 4.72. The van der Waals surface area contributed by atoms with Gasteiger partial charge in [0, 0.05) is 5.56 Å². The van der Waals surface area contributed by atoms with Gasteiger partial charge in [0.2, 0.25) is 0 Å². The van der Waals surface area contributed by atoms with Gasteiger partial charge >= 0.3 is 0 Å². The maximum Gasteiger partial charge on any atom is 0.293 e. The number of likely N-dealkylation sites (tertiary alicyclic amines) is 1. The van der Waals surface area contributed by atoms with Gasteiger partial charge in [0.15, 0.2) is 6.54 Å². The number of hydrogen-bond donors (Lipinski definition) is 3. The van der Waals surface area contributed by atoms with E-state index >= 15 is 0 Å².